The van der Waals surface area contributed by atoms with Crippen molar-refractivity contribution in [3.63, 3.8) is 0 Å². The predicted molar refractivity (Wildman–Crippen MR) is 38.3 cm³/mol. The second-order valence-electron chi connectivity index (χ2n) is 2.12. The molecule has 0 aliphatic rings. The van der Waals surface area contributed by atoms with Gasteiger partial charge < -0.3 is 22.1 Å². The van der Waals surface area contributed by atoms with E-state index in [1.165, 1.54) is 0 Å². The first-order valence-electron chi connectivity index (χ1n) is 3.28. The molecular formula is C5H9BF4N2O. The van der Waals surface area contributed by atoms with Crippen LogP contribution in [0.2, 0.25) is 0 Å². The molecule has 76 valence electrons. The second-order valence-corrected chi connectivity index (χ2v) is 2.12. The normalized spacial score (nSPS) is 10.3. The number of imidazole rings is 1. The Kier molecular flexibility index (Phi) is 4.29. The summed E-state index contributed by atoms with van der Waals surface area (Å²) in [6.45, 7) is 0. The highest BCUT2D eigenvalue weighted by atomic mass is 19.5. The van der Waals surface area contributed by atoms with E-state index in [9.17, 15) is 17.3 Å². The molecule has 0 fully saturated rings. The highest BCUT2D eigenvalue weighted by Crippen LogP contribution is 2.06. The van der Waals surface area contributed by atoms with Crippen molar-refractivity contribution in [3.05, 3.63) is 18.7 Å². The number of hydrogen-bond donors (Lipinski definition) is 0. The lowest BCUT2D eigenvalue weighted by Crippen LogP contribution is -2.24. The van der Waals surface area contributed by atoms with Crippen LogP contribution in [0.25, 0.3) is 0 Å². The van der Waals surface area contributed by atoms with Gasteiger partial charge in [0.25, 0.3) is 6.33 Å². The van der Waals surface area contributed by atoms with Crippen molar-refractivity contribution in [3.8, 4) is 0 Å². The van der Waals surface area contributed by atoms with E-state index in [-0.39, 0.29) is 0 Å². The summed E-state index contributed by atoms with van der Waals surface area (Å²) in [5, 5.41) is 0. The van der Waals surface area contributed by atoms with Crippen LogP contribution in [0.3, 0.4) is 0 Å². The van der Waals surface area contributed by atoms with Crippen molar-refractivity contribution >= 4 is 7.25 Å². The molecule has 0 amide bonds. The first-order chi connectivity index (χ1) is 5.83. The van der Waals surface area contributed by atoms with Crippen LogP contribution in [0.15, 0.2) is 18.7 Å². The average molecular weight is 200 g/mol. The lowest BCUT2D eigenvalue weighted by Gasteiger charge is -1.94. The van der Waals surface area contributed by atoms with Crippen molar-refractivity contribution in [2.75, 3.05) is 7.11 Å². The Morgan fingerprint density at radius 2 is 1.77 bits per heavy atom. The Labute approximate surface area is 72.6 Å². The zero-order valence-corrected chi connectivity index (χ0v) is 7.12. The van der Waals surface area contributed by atoms with Crippen molar-refractivity contribution in [2.24, 2.45) is 7.05 Å². The Morgan fingerprint density at radius 1 is 1.31 bits per heavy atom. The maximum atomic E-state index is 9.75. The zero-order chi connectivity index (χ0) is 10.5. The van der Waals surface area contributed by atoms with Gasteiger partial charge in [-0.3, -0.25) is 0 Å². The van der Waals surface area contributed by atoms with E-state index in [4.69, 9.17) is 4.84 Å². The van der Waals surface area contributed by atoms with Gasteiger partial charge >= 0.3 is 7.25 Å². The lowest BCUT2D eigenvalue weighted by atomic mass is 10.3. The van der Waals surface area contributed by atoms with Crippen molar-refractivity contribution in [1.82, 2.24) is 4.73 Å². The van der Waals surface area contributed by atoms with Crippen molar-refractivity contribution in [1.29, 1.82) is 0 Å². The van der Waals surface area contributed by atoms with E-state index < -0.39 is 7.25 Å². The molecule has 1 rings (SSSR count). The fourth-order valence-corrected chi connectivity index (χ4v) is 0.535. The van der Waals surface area contributed by atoms with Gasteiger partial charge in [-0.25, -0.2) is 4.57 Å². The molecule has 0 saturated heterocycles. The molecule has 0 aliphatic heterocycles. The molecule has 0 bridgehead atoms. The van der Waals surface area contributed by atoms with Crippen molar-refractivity contribution in [2.45, 2.75) is 0 Å². The smallest absolute Gasteiger partial charge is 0.418 e. The Morgan fingerprint density at radius 3 is 1.92 bits per heavy atom. The van der Waals surface area contributed by atoms with Gasteiger partial charge in [0, 0.05) is 0 Å². The molecule has 3 nitrogen and oxygen atoms in total. The van der Waals surface area contributed by atoms with Gasteiger partial charge in [0.1, 0.15) is 13.3 Å². The first-order valence-corrected chi connectivity index (χ1v) is 3.28. The predicted octanol–water partition coefficient (Wildman–Crippen LogP) is 0.671. The fourth-order valence-electron chi connectivity index (χ4n) is 0.535. The monoisotopic (exact) mass is 200 g/mol. The van der Waals surface area contributed by atoms with Gasteiger partial charge in [0.05, 0.1) is 7.05 Å². The average Bonchev–Trinajstić information content (AvgIpc) is 2.31. The number of hydrogen-bond acceptors (Lipinski definition) is 1. The number of rotatable bonds is 1. The molecule has 0 atom stereocenters. The lowest BCUT2D eigenvalue weighted by molar-refractivity contribution is -0.672. The maximum Gasteiger partial charge on any atom is 0.673 e. The summed E-state index contributed by atoms with van der Waals surface area (Å²) in [5.74, 6) is 0. The van der Waals surface area contributed by atoms with Crippen LogP contribution in [-0.2, 0) is 7.05 Å². The summed E-state index contributed by atoms with van der Waals surface area (Å²) < 4.78 is 42.5. The Hall–Kier alpha value is -1.21. The summed E-state index contributed by atoms with van der Waals surface area (Å²) in [6.07, 6.45) is 5.57. The molecule has 0 aromatic carbocycles. The first kappa shape index (κ1) is 11.8. The van der Waals surface area contributed by atoms with Crippen molar-refractivity contribution < 1.29 is 26.7 Å². The van der Waals surface area contributed by atoms with Gasteiger partial charge in [0.2, 0.25) is 0 Å². The highest BCUT2D eigenvalue weighted by Gasteiger charge is 2.20. The number of halogens is 4. The SMILES string of the molecule is COn1cc[n+](C)c1.F[B-](F)(F)F. The van der Waals surface area contributed by atoms with Crippen LogP contribution in [0.1, 0.15) is 0 Å². The second kappa shape index (κ2) is 4.73. The summed E-state index contributed by atoms with van der Waals surface area (Å²) in [4.78, 5) is 4.83. The molecule has 0 aliphatic carbocycles. The number of nitrogens with zero attached hydrogens (tertiary/aromatic N) is 2. The molecule has 0 radical (unpaired) electrons. The van der Waals surface area contributed by atoms with Gasteiger partial charge in [-0.1, -0.05) is 4.73 Å². The van der Waals surface area contributed by atoms with E-state index in [2.05, 4.69) is 0 Å². The Bertz CT molecular complexity index is 243. The molecule has 1 aromatic rings. The van der Waals surface area contributed by atoms with Gasteiger partial charge in [-0.05, 0) is 0 Å². The summed E-state index contributed by atoms with van der Waals surface area (Å²) in [6, 6.07) is 0. The zero-order valence-electron chi connectivity index (χ0n) is 7.12. The largest absolute Gasteiger partial charge is 0.673 e. The molecule has 0 spiro atoms. The minimum absolute atomic E-state index is 1.62. The van der Waals surface area contributed by atoms with E-state index in [1.807, 2.05) is 30.3 Å². The van der Waals surface area contributed by atoms with Gasteiger partial charge in [-0.15, -0.1) is 0 Å². The minimum atomic E-state index is -6.00. The third-order valence-corrected chi connectivity index (χ3v) is 0.955. The van der Waals surface area contributed by atoms with E-state index in [1.54, 1.807) is 11.8 Å². The molecule has 1 aromatic heterocycles. The van der Waals surface area contributed by atoms with Crippen LogP contribution in [0.4, 0.5) is 17.3 Å². The summed E-state index contributed by atoms with van der Waals surface area (Å²) in [7, 11) is -2.44. The van der Waals surface area contributed by atoms with Crippen LogP contribution < -0.4 is 9.40 Å². The van der Waals surface area contributed by atoms with Crippen LogP contribution >= 0.6 is 0 Å². The van der Waals surface area contributed by atoms with Gasteiger partial charge in [0.15, 0.2) is 6.20 Å². The highest BCUT2D eigenvalue weighted by molar-refractivity contribution is 6.50. The number of aromatic nitrogens is 2. The number of aryl methyl sites for hydroxylation is 1. The molecule has 13 heavy (non-hydrogen) atoms. The molecule has 0 unspecified atom stereocenters. The van der Waals surface area contributed by atoms with E-state index >= 15 is 0 Å². The fraction of sp³-hybridized carbons (Fsp3) is 0.400. The van der Waals surface area contributed by atoms with E-state index in [0.29, 0.717) is 0 Å². The Balaban J connectivity index is 0.000000252. The maximum absolute atomic E-state index is 9.75. The topological polar surface area (TPSA) is 18.0 Å². The van der Waals surface area contributed by atoms with Gasteiger partial charge in [-0.2, -0.15) is 0 Å². The standard InChI is InChI=1S/C5H9N2O.BF4/c1-6-3-4-7(5-6)8-2;2-1(3,4)5/h3-5H,1-2H3;/q+1;-1. The van der Waals surface area contributed by atoms with Crippen LogP contribution in [-0.4, -0.2) is 19.1 Å². The third-order valence-electron chi connectivity index (χ3n) is 0.955. The van der Waals surface area contributed by atoms with E-state index in [0.717, 1.165) is 0 Å². The molecule has 1 heterocycles. The molecule has 8 heteroatoms. The van der Waals surface area contributed by atoms with Crippen LogP contribution in [0, 0.1) is 0 Å². The third kappa shape index (κ3) is 8.70. The summed E-state index contributed by atoms with van der Waals surface area (Å²) in [5.41, 5.74) is 0. The summed E-state index contributed by atoms with van der Waals surface area (Å²) >= 11 is 0. The molecular weight excluding hydrogens is 191 g/mol. The minimum Gasteiger partial charge on any atom is -0.418 e. The molecule has 0 saturated carbocycles. The molecule has 0 N–H and O–H groups in total. The van der Waals surface area contributed by atoms with Crippen LogP contribution in [0.5, 0.6) is 0 Å². The quantitative estimate of drug-likeness (QED) is 0.370.